The Hall–Kier alpha value is -0.880. The van der Waals surface area contributed by atoms with E-state index in [4.69, 9.17) is 5.73 Å². The third-order valence-corrected chi connectivity index (χ3v) is 6.33. The first-order valence-corrected chi connectivity index (χ1v) is 7.98. The summed E-state index contributed by atoms with van der Waals surface area (Å²) in [7, 11) is -4.22. The lowest BCUT2D eigenvalue weighted by molar-refractivity contribution is 0.602. The zero-order valence-corrected chi connectivity index (χ0v) is 10.3. The van der Waals surface area contributed by atoms with Crippen LogP contribution in [0, 0.1) is 0 Å². The highest BCUT2D eigenvalue weighted by Crippen LogP contribution is 2.22. The van der Waals surface area contributed by atoms with Gasteiger partial charge in [0.05, 0.1) is 27.6 Å². The van der Waals surface area contributed by atoms with E-state index in [2.05, 4.69) is 0 Å². The van der Waals surface area contributed by atoms with Gasteiger partial charge in [0.25, 0.3) is 0 Å². The third-order valence-electron chi connectivity index (χ3n) is 2.61. The smallest absolute Gasteiger partial charge is 0.151 e. The number of nitrogen functional groups attached to an aromatic ring is 1. The molecule has 0 aliphatic carbocycles. The quantitative estimate of drug-likeness (QED) is 0.787. The summed E-state index contributed by atoms with van der Waals surface area (Å²) in [5.74, 6) is 0.183. The van der Waals surface area contributed by atoms with Crippen LogP contribution in [0.3, 0.4) is 0 Å². The molecule has 2 unspecified atom stereocenters. The molecular formula is C10H13NO3S2. The fourth-order valence-corrected chi connectivity index (χ4v) is 5.65. The van der Waals surface area contributed by atoms with Crippen LogP contribution in [-0.2, 0) is 20.6 Å². The first kappa shape index (κ1) is 11.6. The van der Waals surface area contributed by atoms with Crippen molar-refractivity contribution in [1.29, 1.82) is 0 Å². The van der Waals surface area contributed by atoms with E-state index in [0.29, 0.717) is 17.0 Å². The van der Waals surface area contributed by atoms with E-state index in [0.717, 1.165) is 0 Å². The maximum Gasteiger partial charge on any atom is 0.151 e. The molecule has 6 heteroatoms. The molecular weight excluding hydrogens is 246 g/mol. The molecule has 1 saturated heterocycles. The number of nitrogens with two attached hydrogens (primary N) is 1. The van der Waals surface area contributed by atoms with Crippen LogP contribution in [0.15, 0.2) is 29.2 Å². The molecule has 0 amide bonds. The topological polar surface area (TPSA) is 77.2 Å². The Morgan fingerprint density at radius 2 is 1.88 bits per heavy atom. The van der Waals surface area contributed by atoms with Gasteiger partial charge in [0, 0.05) is 10.6 Å². The average molecular weight is 259 g/mol. The number of benzene rings is 1. The summed E-state index contributed by atoms with van der Waals surface area (Å²) in [5, 5.41) is -0.270. The fourth-order valence-electron chi connectivity index (χ4n) is 1.72. The summed E-state index contributed by atoms with van der Waals surface area (Å²) >= 11 is 0. The number of hydrogen-bond acceptors (Lipinski definition) is 4. The van der Waals surface area contributed by atoms with Gasteiger partial charge in [0.15, 0.2) is 9.84 Å². The van der Waals surface area contributed by atoms with Crippen LogP contribution in [0.25, 0.3) is 0 Å². The predicted octanol–water partition coefficient (Wildman–Crippen LogP) is 0.563. The zero-order valence-electron chi connectivity index (χ0n) is 8.63. The van der Waals surface area contributed by atoms with Crippen molar-refractivity contribution in [1.82, 2.24) is 0 Å². The second-order valence-electron chi connectivity index (χ2n) is 3.89. The minimum Gasteiger partial charge on any atom is -0.399 e. The van der Waals surface area contributed by atoms with Gasteiger partial charge in [-0.15, -0.1) is 0 Å². The molecule has 0 bridgehead atoms. The molecule has 0 radical (unpaired) electrons. The van der Waals surface area contributed by atoms with Crippen molar-refractivity contribution in [2.24, 2.45) is 0 Å². The number of anilines is 1. The largest absolute Gasteiger partial charge is 0.399 e. The molecule has 2 atom stereocenters. The molecule has 88 valence electrons. The van der Waals surface area contributed by atoms with Crippen LogP contribution in [0.5, 0.6) is 0 Å². The maximum atomic E-state index is 12.1. The standard InChI is InChI=1S/C10H13NO3S2/c11-8-1-3-9(4-2-8)15(12)10-5-6-16(13,14)7-10/h1-4,10H,5-7,11H2. The molecule has 1 fully saturated rings. The zero-order chi connectivity index (χ0) is 11.8. The summed E-state index contributed by atoms with van der Waals surface area (Å²) in [4.78, 5) is 0.649. The van der Waals surface area contributed by atoms with E-state index in [9.17, 15) is 12.6 Å². The Kier molecular flexibility index (Phi) is 3.03. The molecule has 0 spiro atoms. The van der Waals surface area contributed by atoms with Crippen molar-refractivity contribution >= 4 is 26.3 Å². The highest BCUT2D eigenvalue weighted by atomic mass is 32.2. The van der Waals surface area contributed by atoms with Crippen molar-refractivity contribution in [3.63, 3.8) is 0 Å². The molecule has 2 rings (SSSR count). The molecule has 1 aliphatic rings. The molecule has 16 heavy (non-hydrogen) atoms. The van der Waals surface area contributed by atoms with Gasteiger partial charge in [-0.1, -0.05) is 0 Å². The highest BCUT2D eigenvalue weighted by molar-refractivity contribution is 7.94. The first-order chi connectivity index (χ1) is 7.48. The van der Waals surface area contributed by atoms with E-state index in [1.165, 1.54) is 0 Å². The van der Waals surface area contributed by atoms with Crippen LogP contribution in [0.4, 0.5) is 5.69 Å². The lowest BCUT2D eigenvalue weighted by atomic mass is 10.3. The Balaban J connectivity index is 2.18. The van der Waals surface area contributed by atoms with Gasteiger partial charge < -0.3 is 5.73 Å². The minimum atomic E-state index is -2.97. The average Bonchev–Trinajstić information content (AvgIpc) is 2.59. The predicted molar refractivity (Wildman–Crippen MR) is 64.3 cm³/mol. The lowest BCUT2D eigenvalue weighted by Gasteiger charge is -2.07. The summed E-state index contributed by atoms with van der Waals surface area (Å²) in [6.07, 6.45) is 0.485. The minimum absolute atomic E-state index is 0.0317. The maximum absolute atomic E-state index is 12.1. The van der Waals surface area contributed by atoms with E-state index in [1.807, 2.05) is 0 Å². The van der Waals surface area contributed by atoms with Gasteiger partial charge in [-0.3, -0.25) is 4.21 Å². The molecule has 1 aromatic rings. The molecule has 1 aliphatic heterocycles. The van der Waals surface area contributed by atoms with E-state index in [-0.39, 0.29) is 16.8 Å². The fraction of sp³-hybridized carbons (Fsp3) is 0.400. The van der Waals surface area contributed by atoms with E-state index in [1.54, 1.807) is 24.3 Å². The van der Waals surface area contributed by atoms with E-state index < -0.39 is 20.6 Å². The SMILES string of the molecule is Nc1ccc(S(=O)C2CCS(=O)(=O)C2)cc1. The van der Waals surface area contributed by atoms with Crippen LogP contribution in [0.1, 0.15) is 6.42 Å². The van der Waals surface area contributed by atoms with Crippen LogP contribution >= 0.6 is 0 Å². The van der Waals surface area contributed by atoms with Gasteiger partial charge in [0.2, 0.25) is 0 Å². The Morgan fingerprint density at radius 1 is 1.25 bits per heavy atom. The molecule has 0 saturated carbocycles. The van der Waals surface area contributed by atoms with Crippen LogP contribution < -0.4 is 5.73 Å². The monoisotopic (exact) mass is 259 g/mol. The van der Waals surface area contributed by atoms with Gasteiger partial charge in [-0.2, -0.15) is 0 Å². The van der Waals surface area contributed by atoms with Crippen molar-refractivity contribution in [2.45, 2.75) is 16.6 Å². The van der Waals surface area contributed by atoms with Gasteiger partial charge in [-0.25, -0.2) is 8.42 Å². The number of sulfone groups is 1. The second kappa shape index (κ2) is 4.18. The van der Waals surface area contributed by atoms with Gasteiger partial charge in [0.1, 0.15) is 0 Å². The Morgan fingerprint density at radius 3 is 2.38 bits per heavy atom. The second-order valence-corrected chi connectivity index (χ2v) is 7.85. The van der Waals surface area contributed by atoms with E-state index >= 15 is 0 Å². The van der Waals surface area contributed by atoms with Crippen molar-refractivity contribution < 1.29 is 12.6 Å². The number of hydrogen-bond donors (Lipinski definition) is 1. The summed E-state index contributed by atoms with van der Waals surface area (Å²) < 4.78 is 34.6. The third kappa shape index (κ3) is 2.44. The van der Waals surface area contributed by atoms with Crippen molar-refractivity contribution in [3.8, 4) is 0 Å². The van der Waals surface area contributed by atoms with Crippen molar-refractivity contribution in [3.05, 3.63) is 24.3 Å². The summed E-state index contributed by atoms with van der Waals surface area (Å²) in [5.41, 5.74) is 6.14. The molecule has 4 nitrogen and oxygen atoms in total. The summed E-state index contributed by atoms with van der Waals surface area (Å²) in [6, 6.07) is 6.74. The summed E-state index contributed by atoms with van der Waals surface area (Å²) in [6.45, 7) is 0. The molecule has 0 aromatic heterocycles. The van der Waals surface area contributed by atoms with Gasteiger partial charge in [-0.05, 0) is 30.7 Å². The number of rotatable bonds is 2. The van der Waals surface area contributed by atoms with Crippen molar-refractivity contribution in [2.75, 3.05) is 17.2 Å². The lowest BCUT2D eigenvalue weighted by Crippen LogP contribution is -2.16. The normalized spacial score (nSPS) is 25.4. The Bertz CT molecular complexity index is 507. The molecule has 1 heterocycles. The molecule has 1 aromatic carbocycles. The van der Waals surface area contributed by atoms with Crippen LogP contribution in [0.2, 0.25) is 0 Å². The first-order valence-electron chi connectivity index (χ1n) is 4.94. The Labute approximate surface area is 97.2 Å². The highest BCUT2D eigenvalue weighted by Gasteiger charge is 2.32. The van der Waals surface area contributed by atoms with Gasteiger partial charge >= 0.3 is 0 Å². The van der Waals surface area contributed by atoms with Crippen LogP contribution in [-0.4, -0.2) is 29.4 Å². The molecule has 2 N–H and O–H groups in total.